The summed E-state index contributed by atoms with van der Waals surface area (Å²) in [5.41, 5.74) is 2.22. The third-order valence-electron chi connectivity index (χ3n) is 6.90. The van der Waals surface area contributed by atoms with E-state index in [1.807, 2.05) is 48.5 Å². The number of ether oxygens (including phenoxy) is 2. The van der Waals surface area contributed by atoms with Crippen molar-refractivity contribution in [2.24, 2.45) is 0 Å². The zero-order valence-electron chi connectivity index (χ0n) is 21.0. The molecule has 8 nitrogen and oxygen atoms in total. The monoisotopic (exact) mass is 506 g/mol. The van der Waals surface area contributed by atoms with Crippen LogP contribution in [0.5, 0.6) is 11.5 Å². The number of hydrogen-bond donors (Lipinski definition) is 3. The van der Waals surface area contributed by atoms with Crippen molar-refractivity contribution in [2.75, 3.05) is 26.8 Å². The Morgan fingerprint density at radius 3 is 2.78 bits per heavy atom. The second-order valence-electron chi connectivity index (χ2n) is 9.20. The van der Waals surface area contributed by atoms with Crippen LogP contribution in [0, 0.1) is 0 Å². The Morgan fingerprint density at radius 2 is 2.03 bits per heavy atom. The van der Waals surface area contributed by atoms with Crippen LogP contribution in [0.2, 0.25) is 0 Å². The van der Waals surface area contributed by atoms with Crippen molar-refractivity contribution in [3.05, 3.63) is 84.0 Å². The number of rotatable bonds is 11. The van der Waals surface area contributed by atoms with Crippen molar-refractivity contribution >= 4 is 11.8 Å². The largest absolute Gasteiger partial charge is 0.497 e. The maximum absolute atomic E-state index is 13.4. The first-order valence-corrected chi connectivity index (χ1v) is 12.6. The molecule has 0 radical (unpaired) electrons. The molecule has 37 heavy (non-hydrogen) atoms. The van der Waals surface area contributed by atoms with Gasteiger partial charge in [0.25, 0.3) is 0 Å². The average molecular weight is 507 g/mol. The first kappa shape index (κ1) is 26.4. The number of methoxy groups -OCH3 is 1. The molecule has 2 amide bonds. The fourth-order valence-electron chi connectivity index (χ4n) is 5.08. The van der Waals surface area contributed by atoms with Crippen LogP contribution in [0.1, 0.15) is 29.9 Å². The highest BCUT2D eigenvalue weighted by atomic mass is 16.5. The minimum absolute atomic E-state index is 0.0983. The molecule has 1 aliphatic heterocycles. The van der Waals surface area contributed by atoms with E-state index in [0.29, 0.717) is 30.7 Å². The van der Waals surface area contributed by atoms with Crippen LogP contribution in [0.25, 0.3) is 0 Å². The molecule has 0 spiro atoms. The number of hydrogen-bond acceptors (Lipinski definition) is 6. The molecule has 4 rings (SSSR count). The summed E-state index contributed by atoms with van der Waals surface area (Å²) in [5, 5.41) is 23.5. The lowest BCUT2D eigenvalue weighted by molar-refractivity contribution is -0.137. The van der Waals surface area contributed by atoms with Gasteiger partial charge in [-0.15, -0.1) is 6.58 Å². The van der Waals surface area contributed by atoms with Crippen LogP contribution in [0.3, 0.4) is 0 Å². The summed E-state index contributed by atoms with van der Waals surface area (Å²) in [4.78, 5) is 28.2. The number of nitrogens with one attached hydrogen (secondary N) is 1. The smallest absolute Gasteiger partial charge is 0.247 e. The van der Waals surface area contributed by atoms with Crippen LogP contribution in [0.4, 0.5) is 0 Å². The number of para-hydroxylation sites is 1. The van der Waals surface area contributed by atoms with E-state index in [2.05, 4.69) is 11.9 Å². The molecule has 3 N–H and O–H groups in total. The van der Waals surface area contributed by atoms with Crippen molar-refractivity contribution in [1.29, 1.82) is 0 Å². The first-order valence-electron chi connectivity index (χ1n) is 12.6. The van der Waals surface area contributed by atoms with Gasteiger partial charge in [-0.05, 0) is 42.7 Å². The topological polar surface area (TPSA) is 108 Å². The van der Waals surface area contributed by atoms with Crippen molar-refractivity contribution in [3.8, 4) is 11.5 Å². The van der Waals surface area contributed by atoms with Crippen LogP contribution in [-0.4, -0.2) is 72.0 Å². The van der Waals surface area contributed by atoms with Gasteiger partial charge in [-0.3, -0.25) is 9.59 Å². The van der Waals surface area contributed by atoms with E-state index in [1.54, 1.807) is 24.2 Å². The number of aliphatic hydroxyl groups excluding tert-OH is 2. The molecule has 2 aromatic carbocycles. The molecule has 0 unspecified atom stereocenters. The van der Waals surface area contributed by atoms with E-state index in [-0.39, 0.29) is 31.4 Å². The van der Waals surface area contributed by atoms with Gasteiger partial charge in [-0.2, -0.15) is 0 Å². The first-order chi connectivity index (χ1) is 18.0. The van der Waals surface area contributed by atoms with Crippen molar-refractivity contribution in [2.45, 2.75) is 43.4 Å². The Hall–Kier alpha value is -3.62. The van der Waals surface area contributed by atoms with E-state index in [1.165, 1.54) is 0 Å². The molecule has 0 fully saturated rings. The Balaban J connectivity index is 1.69. The molecule has 0 saturated carbocycles. The van der Waals surface area contributed by atoms with Crippen molar-refractivity contribution in [3.63, 3.8) is 0 Å². The molecule has 0 saturated heterocycles. The number of carbonyl (C=O) groups excluding carboxylic acids is 2. The number of carbonyl (C=O) groups is 2. The van der Waals surface area contributed by atoms with E-state index in [9.17, 15) is 19.8 Å². The third-order valence-corrected chi connectivity index (χ3v) is 6.90. The molecule has 2 aromatic rings. The zero-order valence-corrected chi connectivity index (χ0v) is 21.0. The standard InChI is InChI=1S/C29H34N2O6/c1-3-4-12-25(33)31(15-13-19-8-7-9-20(17-19)36-2)23-18-22(29(35)30-14-16-32)26-21-10-5-6-11-24(21)37-28(26)27(23)34/h3,5-11,17-18,23,26-28,32,34H,1,4,12-16H2,2H3,(H,30,35)/t23-,26+,27+,28+/m1/s1. The molecule has 8 heteroatoms. The van der Waals surface area contributed by atoms with E-state index >= 15 is 0 Å². The fraction of sp³-hybridized carbons (Fsp3) is 0.379. The number of aliphatic hydroxyl groups is 2. The number of amides is 2. The summed E-state index contributed by atoms with van der Waals surface area (Å²) in [7, 11) is 1.60. The normalized spacial score (nSPS) is 21.6. The lowest BCUT2D eigenvalue weighted by atomic mass is 9.77. The number of benzene rings is 2. The summed E-state index contributed by atoms with van der Waals surface area (Å²) in [5.74, 6) is 0.353. The average Bonchev–Trinajstić information content (AvgIpc) is 3.32. The highest BCUT2D eigenvalue weighted by Crippen LogP contribution is 2.47. The zero-order chi connectivity index (χ0) is 26.4. The highest BCUT2D eigenvalue weighted by molar-refractivity contribution is 5.96. The van der Waals surface area contributed by atoms with Crippen molar-refractivity contribution in [1.82, 2.24) is 10.2 Å². The Bertz CT molecular complexity index is 1160. The minimum atomic E-state index is -1.05. The molecule has 1 heterocycles. The summed E-state index contributed by atoms with van der Waals surface area (Å²) >= 11 is 0. The van der Waals surface area contributed by atoms with Gasteiger partial charge in [-0.1, -0.05) is 36.4 Å². The van der Waals surface area contributed by atoms with Gasteiger partial charge < -0.3 is 29.9 Å². The van der Waals surface area contributed by atoms with E-state index in [0.717, 1.165) is 16.9 Å². The summed E-state index contributed by atoms with van der Waals surface area (Å²) in [6.07, 6.45) is 2.87. The summed E-state index contributed by atoms with van der Waals surface area (Å²) in [6, 6.07) is 14.3. The predicted molar refractivity (Wildman–Crippen MR) is 139 cm³/mol. The maximum Gasteiger partial charge on any atom is 0.247 e. The molecule has 0 bridgehead atoms. The maximum atomic E-state index is 13.4. The summed E-state index contributed by atoms with van der Waals surface area (Å²) < 4.78 is 11.5. The lowest BCUT2D eigenvalue weighted by Crippen LogP contribution is -2.56. The van der Waals surface area contributed by atoms with E-state index in [4.69, 9.17) is 9.47 Å². The molecule has 0 aromatic heterocycles. The number of nitrogens with zero attached hydrogens (tertiary/aromatic N) is 1. The van der Waals surface area contributed by atoms with Crippen LogP contribution >= 0.6 is 0 Å². The van der Waals surface area contributed by atoms with Crippen LogP contribution < -0.4 is 14.8 Å². The lowest BCUT2D eigenvalue weighted by Gasteiger charge is -2.41. The van der Waals surface area contributed by atoms with Crippen LogP contribution in [0.15, 0.2) is 72.8 Å². The molecule has 196 valence electrons. The highest BCUT2D eigenvalue weighted by Gasteiger charge is 2.50. The molecule has 4 atom stereocenters. The second kappa shape index (κ2) is 12.1. The van der Waals surface area contributed by atoms with Crippen molar-refractivity contribution < 1.29 is 29.3 Å². The molecule has 2 aliphatic rings. The van der Waals surface area contributed by atoms with Gasteiger partial charge in [0.05, 0.1) is 25.7 Å². The Morgan fingerprint density at radius 1 is 1.22 bits per heavy atom. The number of fused-ring (bicyclic) bond motifs is 3. The van der Waals surface area contributed by atoms with Gasteiger partial charge in [0.1, 0.15) is 23.7 Å². The molecular weight excluding hydrogens is 472 g/mol. The SMILES string of the molecule is C=CCCC(=O)N(CCc1cccc(OC)c1)[C@@H]1C=C(C(=O)NCCO)[C@@H]2c3ccccc3O[C@@H]2[C@H]1O. The Labute approximate surface area is 217 Å². The van der Waals surface area contributed by atoms with Crippen LogP contribution in [-0.2, 0) is 16.0 Å². The summed E-state index contributed by atoms with van der Waals surface area (Å²) in [6.45, 7) is 3.96. The number of allylic oxidation sites excluding steroid dienone is 1. The third kappa shape index (κ3) is 5.70. The molecular formula is C29H34N2O6. The van der Waals surface area contributed by atoms with E-state index < -0.39 is 24.2 Å². The Kier molecular flexibility index (Phi) is 8.63. The second-order valence-corrected chi connectivity index (χ2v) is 9.20. The fourth-order valence-corrected chi connectivity index (χ4v) is 5.08. The quantitative estimate of drug-likeness (QED) is 0.404. The van der Waals surface area contributed by atoms with Gasteiger partial charge in [-0.25, -0.2) is 0 Å². The predicted octanol–water partition coefficient (Wildman–Crippen LogP) is 2.36. The van der Waals surface area contributed by atoms with Gasteiger partial charge in [0.15, 0.2) is 0 Å². The molecule has 1 aliphatic carbocycles. The van der Waals surface area contributed by atoms with Gasteiger partial charge in [0.2, 0.25) is 11.8 Å². The minimum Gasteiger partial charge on any atom is -0.497 e. The van der Waals surface area contributed by atoms with Gasteiger partial charge in [0, 0.05) is 30.6 Å². The van der Waals surface area contributed by atoms with Gasteiger partial charge >= 0.3 is 0 Å².